The molecule has 0 amide bonds. The molecule has 15 heavy (non-hydrogen) atoms. The average Bonchev–Trinajstić information content (AvgIpc) is 2.84. The van der Waals surface area contributed by atoms with E-state index in [-0.39, 0.29) is 0 Å². The number of aryl methyl sites for hydroxylation is 1. The summed E-state index contributed by atoms with van der Waals surface area (Å²) in [6.07, 6.45) is 1.72. The summed E-state index contributed by atoms with van der Waals surface area (Å²) in [4.78, 5) is 9.35. The van der Waals surface area contributed by atoms with Crippen molar-refractivity contribution in [2.45, 2.75) is 6.92 Å². The van der Waals surface area contributed by atoms with Gasteiger partial charge in [-0.25, -0.2) is 9.97 Å². The van der Waals surface area contributed by atoms with Crippen molar-refractivity contribution in [3.63, 3.8) is 0 Å². The van der Waals surface area contributed by atoms with Crippen LogP contribution in [0.15, 0.2) is 11.7 Å². The van der Waals surface area contributed by atoms with Crippen LogP contribution in [0.4, 0.5) is 5.82 Å². The number of nitrogens with zero attached hydrogens (tertiary/aromatic N) is 4. The maximum atomic E-state index is 5.72. The van der Waals surface area contributed by atoms with Crippen LogP contribution in [0, 0.1) is 6.92 Å². The highest BCUT2D eigenvalue weighted by atomic mass is 32.1. The first-order valence-corrected chi connectivity index (χ1v) is 5.91. The van der Waals surface area contributed by atoms with Crippen molar-refractivity contribution in [2.75, 3.05) is 5.73 Å². The first-order valence-electron chi connectivity index (χ1n) is 4.26. The highest BCUT2D eigenvalue weighted by Crippen LogP contribution is 2.29. The summed E-state index contributed by atoms with van der Waals surface area (Å²) >= 11 is 2.95. The number of fused-ring (bicyclic) bond motifs is 1. The van der Waals surface area contributed by atoms with Crippen molar-refractivity contribution in [3.8, 4) is 10.7 Å². The SMILES string of the molecule is Cc1nsc(-c2csc3c(N)ncn23)n1. The third kappa shape index (κ3) is 1.24. The van der Waals surface area contributed by atoms with E-state index >= 15 is 0 Å². The van der Waals surface area contributed by atoms with Crippen LogP contribution in [-0.4, -0.2) is 18.7 Å². The van der Waals surface area contributed by atoms with E-state index < -0.39 is 0 Å². The highest BCUT2D eigenvalue weighted by molar-refractivity contribution is 7.17. The van der Waals surface area contributed by atoms with Gasteiger partial charge in [0.2, 0.25) is 0 Å². The molecule has 0 aliphatic carbocycles. The predicted molar refractivity (Wildman–Crippen MR) is 61.1 cm³/mol. The summed E-state index contributed by atoms with van der Waals surface area (Å²) in [6.45, 7) is 1.88. The number of nitrogens with two attached hydrogens (primary N) is 1. The zero-order chi connectivity index (χ0) is 10.4. The molecule has 3 aromatic rings. The smallest absolute Gasteiger partial charge is 0.161 e. The van der Waals surface area contributed by atoms with Crippen LogP contribution in [0.25, 0.3) is 15.5 Å². The fourth-order valence-electron chi connectivity index (χ4n) is 1.36. The Balaban J connectivity index is 2.27. The molecule has 0 aromatic carbocycles. The van der Waals surface area contributed by atoms with Crippen LogP contribution in [-0.2, 0) is 0 Å². The zero-order valence-corrected chi connectivity index (χ0v) is 9.47. The first kappa shape index (κ1) is 8.81. The molecule has 0 aliphatic heterocycles. The van der Waals surface area contributed by atoms with Crippen LogP contribution in [0.2, 0.25) is 0 Å². The quantitative estimate of drug-likeness (QED) is 0.700. The Kier molecular flexibility index (Phi) is 1.77. The van der Waals surface area contributed by atoms with Crippen molar-refractivity contribution in [1.82, 2.24) is 18.7 Å². The lowest BCUT2D eigenvalue weighted by Gasteiger charge is -1.90. The molecule has 5 nitrogen and oxygen atoms in total. The van der Waals surface area contributed by atoms with Gasteiger partial charge >= 0.3 is 0 Å². The molecule has 0 spiro atoms. The van der Waals surface area contributed by atoms with E-state index in [2.05, 4.69) is 14.3 Å². The minimum absolute atomic E-state index is 0.562. The Morgan fingerprint density at radius 3 is 3.07 bits per heavy atom. The average molecular weight is 237 g/mol. The van der Waals surface area contributed by atoms with E-state index in [0.29, 0.717) is 5.82 Å². The van der Waals surface area contributed by atoms with Gasteiger partial charge in [0.25, 0.3) is 0 Å². The molecule has 0 aliphatic rings. The Bertz CT molecular complexity index is 620. The van der Waals surface area contributed by atoms with Crippen molar-refractivity contribution in [1.29, 1.82) is 0 Å². The molecule has 0 atom stereocenters. The minimum Gasteiger partial charge on any atom is -0.381 e. The fourth-order valence-corrected chi connectivity index (χ4v) is 3.00. The molecule has 0 saturated heterocycles. The van der Waals surface area contributed by atoms with Gasteiger partial charge in [0, 0.05) is 5.38 Å². The monoisotopic (exact) mass is 237 g/mol. The van der Waals surface area contributed by atoms with Gasteiger partial charge in [0.1, 0.15) is 17.0 Å². The molecule has 3 rings (SSSR count). The lowest BCUT2D eigenvalue weighted by Crippen LogP contribution is -1.84. The normalized spacial score (nSPS) is 11.3. The molecule has 3 aromatic heterocycles. The van der Waals surface area contributed by atoms with Gasteiger partial charge in [-0.05, 0) is 18.5 Å². The Hall–Kier alpha value is -1.47. The molecule has 0 fully saturated rings. The third-order valence-corrected chi connectivity index (χ3v) is 3.84. The number of rotatable bonds is 1. The zero-order valence-electron chi connectivity index (χ0n) is 7.84. The number of nitrogen functional groups attached to an aromatic ring is 1. The topological polar surface area (TPSA) is 69.1 Å². The van der Waals surface area contributed by atoms with Crippen molar-refractivity contribution in [3.05, 3.63) is 17.5 Å². The number of thiazole rings is 1. The number of anilines is 1. The maximum absolute atomic E-state index is 5.72. The second-order valence-corrected chi connectivity index (χ2v) is 4.68. The summed E-state index contributed by atoms with van der Waals surface area (Å²) in [6, 6.07) is 0. The number of hydrogen-bond donors (Lipinski definition) is 1. The lowest BCUT2D eigenvalue weighted by molar-refractivity contribution is 1.14. The third-order valence-electron chi connectivity index (χ3n) is 2.04. The van der Waals surface area contributed by atoms with Gasteiger partial charge < -0.3 is 5.73 Å². The van der Waals surface area contributed by atoms with Crippen LogP contribution in [0.1, 0.15) is 5.82 Å². The molecular weight excluding hydrogens is 230 g/mol. The second kappa shape index (κ2) is 3.01. The van der Waals surface area contributed by atoms with E-state index in [1.54, 1.807) is 17.7 Å². The van der Waals surface area contributed by atoms with Gasteiger partial charge in [-0.1, -0.05) is 0 Å². The van der Waals surface area contributed by atoms with Crippen LogP contribution in [0.3, 0.4) is 0 Å². The molecule has 0 saturated carbocycles. The van der Waals surface area contributed by atoms with Gasteiger partial charge in [-0.15, -0.1) is 11.3 Å². The lowest BCUT2D eigenvalue weighted by atomic mass is 10.5. The molecule has 7 heteroatoms. The Morgan fingerprint density at radius 2 is 2.33 bits per heavy atom. The summed E-state index contributed by atoms with van der Waals surface area (Å²) < 4.78 is 6.10. The van der Waals surface area contributed by atoms with E-state index in [1.165, 1.54) is 11.5 Å². The molecule has 76 valence electrons. The second-order valence-electron chi connectivity index (χ2n) is 3.07. The summed E-state index contributed by atoms with van der Waals surface area (Å²) in [5, 5.41) is 2.92. The van der Waals surface area contributed by atoms with Crippen LogP contribution >= 0.6 is 22.9 Å². The number of hydrogen-bond acceptors (Lipinski definition) is 6. The molecule has 0 bridgehead atoms. The van der Waals surface area contributed by atoms with Crippen LogP contribution < -0.4 is 5.73 Å². The van der Waals surface area contributed by atoms with Crippen molar-refractivity contribution < 1.29 is 0 Å². The minimum atomic E-state index is 0.562. The van der Waals surface area contributed by atoms with E-state index in [0.717, 1.165) is 21.4 Å². The predicted octanol–water partition coefficient (Wildman–Crippen LogP) is 1.80. The highest BCUT2D eigenvalue weighted by Gasteiger charge is 2.12. The number of imidazole rings is 1. The largest absolute Gasteiger partial charge is 0.381 e. The molecular formula is C8H7N5S2. The van der Waals surface area contributed by atoms with Crippen LogP contribution in [0.5, 0.6) is 0 Å². The van der Waals surface area contributed by atoms with Gasteiger partial charge in [0.05, 0.1) is 5.69 Å². The van der Waals surface area contributed by atoms with Gasteiger partial charge in [-0.3, -0.25) is 4.40 Å². The first-order chi connectivity index (χ1) is 7.25. The van der Waals surface area contributed by atoms with Gasteiger partial charge in [0.15, 0.2) is 10.8 Å². The Morgan fingerprint density at radius 1 is 1.47 bits per heavy atom. The van der Waals surface area contributed by atoms with E-state index in [1.807, 2.05) is 16.7 Å². The van der Waals surface area contributed by atoms with E-state index in [9.17, 15) is 0 Å². The molecule has 2 N–H and O–H groups in total. The molecule has 3 heterocycles. The Labute approximate surface area is 93.4 Å². The summed E-state index contributed by atoms with van der Waals surface area (Å²) in [5.74, 6) is 1.36. The fraction of sp³-hybridized carbons (Fsp3) is 0.125. The standard InChI is InChI=1S/C8H7N5S2/c1-4-11-7(15-12-4)5-2-14-8-6(9)10-3-13(5)8/h2-3H,9H2,1H3. The maximum Gasteiger partial charge on any atom is 0.161 e. The molecule has 0 radical (unpaired) electrons. The summed E-state index contributed by atoms with van der Waals surface area (Å²) in [7, 11) is 0. The van der Waals surface area contributed by atoms with Crippen molar-refractivity contribution >= 4 is 33.5 Å². The van der Waals surface area contributed by atoms with E-state index in [4.69, 9.17) is 5.73 Å². The van der Waals surface area contributed by atoms with Crippen molar-refractivity contribution in [2.24, 2.45) is 0 Å². The van der Waals surface area contributed by atoms with Gasteiger partial charge in [-0.2, -0.15) is 4.37 Å². The summed E-state index contributed by atoms with van der Waals surface area (Å²) in [5.41, 5.74) is 6.72. The number of aromatic nitrogens is 4. The molecule has 0 unspecified atom stereocenters.